The Hall–Kier alpha value is -8.92. The van der Waals surface area contributed by atoms with E-state index in [2.05, 4.69) is 275 Å². The highest BCUT2D eigenvalue weighted by Gasteiger charge is 2.53. The van der Waals surface area contributed by atoms with Gasteiger partial charge in [-0.3, -0.25) is 0 Å². The van der Waals surface area contributed by atoms with Crippen molar-refractivity contribution < 1.29 is 0 Å². The standard InChI is InChI=1S/C65H43N3/c1-4-21-46(22-5-1)66(49-36-35-44-19-10-11-20-45(44)41-49)50-37-39-54-52-27-12-15-31-58(52)65(60(54)42-50)59-32-16-13-28-53(59)57-30-18-34-62(64(57)65)67(47-23-6-2-7-24-47)51-38-40-56-55-29-14-17-33-61(55)68(63(56)43-51)48-25-8-3-9-26-48/h1-43H. The van der Waals surface area contributed by atoms with Gasteiger partial charge in [0.15, 0.2) is 0 Å². The molecule has 2 aliphatic rings. The van der Waals surface area contributed by atoms with Crippen molar-refractivity contribution in [2.24, 2.45) is 0 Å². The van der Waals surface area contributed by atoms with Gasteiger partial charge in [0.1, 0.15) is 0 Å². The second-order valence-electron chi connectivity index (χ2n) is 18.0. The first-order valence-corrected chi connectivity index (χ1v) is 23.5. The van der Waals surface area contributed by atoms with E-state index in [0.29, 0.717) is 0 Å². The Bertz CT molecular complexity index is 3920. The van der Waals surface area contributed by atoms with Crippen LogP contribution in [0.2, 0.25) is 0 Å². The summed E-state index contributed by atoms with van der Waals surface area (Å²) in [4.78, 5) is 4.93. The van der Waals surface area contributed by atoms with Crippen LogP contribution in [0.4, 0.5) is 34.1 Å². The van der Waals surface area contributed by atoms with Crippen molar-refractivity contribution in [3.05, 3.63) is 283 Å². The van der Waals surface area contributed by atoms with Crippen LogP contribution < -0.4 is 9.80 Å². The Morgan fingerprint density at radius 1 is 0.294 bits per heavy atom. The van der Waals surface area contributed by atoms with E-state index in [4.69, 9.17) is 0 Å². The molecule has 318 valence electrons. The van der Waals surface area contributed by atoms with Gasteiger partial charge in [-0.1, -0.05) is 176 Å². The van der Waals surface area contributed by atoms with E-state index in [1.165, 1.54) is 71.6 Å². The zero-order valence-corrected chi connectivity index (χ0v) is 37.2. The Morgan fingerprint density at radius 2 is 0.824 bits per heavy atom. The van der Waals surface area contributed by atoms with Crippen LogP contribution in [0.25, 0.3) is 60.5 Å². The van der Waals surface area contributed by atoms with Gasteiger partial charge in [-0.2, -0.15) is 0 Å². The summed E-state index contributed by atoms with van der Waals surface area (Å²) in [5, 5.41) is 4.90. The van der Waals surface area contributed by atoms with Crippen LogP contribution in [0.5, 0.6) is 0 Å². The molecule has 11 aromatic carbocycles. The molecule has 68 heavy (non-hydrogen) atoms. The third kappa shape index (κ3) is 5.54. The van der Waals surface area contributed by atoms with Gasteiger partial charge in [0, 0.05) is 50.5 Å². The number of rotatable bonds is 7. The molecule has 14 rings (SSSR count). The van der Waals surface area contributed by atoms with Gasteiger partial charge in [-0.05, 0) is 135 Å². The maximum Gasteiger partial charge on any atom is 0.0746 e. The largest absolute Gasteiger partial charge is 0.310 e. The minimum Gasteiger partial charge on any atom is -0.310 e. The summed E-state index contributed by atoms with van der Waals surface area (Å²) in [5.74, 6) is 0. The van der Waals surface area contributed by atoms with Gasteiger partial charge in [0.05, 0.1) is 22.1 Å². The zero-order valence-electron chi connectivity index (χ0n) is 37.2. The smallest absolute Gasteiger partial charge is 0.0746 e. The average Bonchev–Trinajstić information content (AvgIpc) is 4.01. The molecule has 0 radical (unpaired) electrons. The van der Waals surface area contributed by atoms with E-state index in [1.54, 1.807) is 0 Å². The monoisotopic (exact) mass is 865 g/mol. The van der Waals surface area contributed by atoms with Crippen LogP contribution >= 0.6 is 0 Å². The lowest BCUT2D eigenvalue weighted by molar-refractivity contribution is 0.793. The Morgan fingerprint density at radius 3 is 1.59 bits per heavy atom. The van der Waals surface area contributed by atoms with Crippen molar-refractivity contribution in [1.82, 2.24) is 4.57 Å². The first kappa shape index (κ1) is 38.4. The highest BCUT2D eigenvalue weighted by molar-refractivity contribution is 6.11. The van der Waals surface area contributed by atoms with Crippen molar-refractivity contribution >= 4 is 66.7 Å². The van der Waals surface area contributed by atoms with Crippen molar-refractivity contribution in [3.63, 3.8) is 0 Å². The SMILES string of the molecule is c1ccc(N(c2ccc3c(c2)C2(c4ccccc4-3)c3ccccc3-c3cccc(N(c4ccccc4)c4ccc5c6ccccc6n(-c6ccccc6)c5c4)c32)c2ccc3ccccc3c2)cc1. The van der Waals surface area contributed by atoms with Crippen LogP contribution in [0.3, 0.4) is 0 Å². The lowest BCUT2D eigenvalue weighted by Gasteiger charge is -2.36. The summed E-state index contributed by atoms with van der Waals surface area (Å²) in [5.41, 5.74) is 19.7. The topological polar surface area (TPSA) is 11.4 Å². The summed E-state index contributed by atoms with van der Waals surface area (Å²) < 4.78 is 2.42. The number of hydrogen-bond donors (Lipinski definition) is 0. The third-order valence-corrected chi connectivity index (χ3v) is 14.5. The minimum atomic E-state index is -0.647. The van der Waals surface area contributed by atoms with Crippen LogP contribution in [0, 0.1) is 0 Å². The van der Waals surface area contributed by atoms with E-state index in [-0.39, 0.29) is 0 Å². The first-order valence-electron chi connectivity index (χ1n) is 23.5. The molecule has 0 saturated carbocycles. The molecule has 0 fully saturated rings. The molecule has 0 aliphatic heterocycles. The van der Waals surface area contributed by atoms with E-state index in [0.717, 1.165) is 45.3 Å². The quantitative estimate of drug-likeness (QED) is 0.158. The molecule has 0 saturated heterocycles. The van der Waals surface area contributed by atoms with Crippen molar-refractivity contribution in [1.29, 1.82) is 0 Å². The summed E-state index contributed by atoms with van der Waals surface area (Å²) in [6.45, 7) is 0. The van der Waals surface area contributed by atoms with Crippen LogP contribution in [-0.2, 0) is 5.41 Å². The van der Waals surface area contributed by atoms with Gasteiger partial charge < -0.3 is 14.4 Å². The minimum absolute atomic E-state index is 0.647. The number of hydrogen-bond acceptors (Lipinski definition) is 2. The highest BCUT2D eigenvalue weighted by Crippen LogP contribution is 2.66. The molecular formula is C65H43N3. The normalized spacial score (nSPS) is 14.2. The predicted octanol–water partition coefficient (Wildman–Crippen LogP) is 17.2. The fourth-order valence-corrected chi connectivity index (χ4v) is 11.8. The maximum atomic E-state index is 2.51. The molecule has 12 aromatic rings. The highest BCUT2D eigenvalue weighted by atomic mass is 15.2. The first-order chi connectivity index (χ1) is 33.8. The fourth-order valence-electron chi connectivity index (χ4n) is 11.8. The molecule has 0 N–H and O–H groups in total. The van der Waals surface area contributed by atoms with Gasteiger partial charge in [-0.15, -0.1) is 0 Å². The molecule has 0 bridgehead atoms. The van der Waals surface area contributed by atoms with Crippen LogP contribution in [0.15, 0.2) is 261 Å². The lowest BCUT2D eigenvalue weighted by atomic mass is 9.69. The Labute approximate surface area is 395 Å². The lowest BCUT2D eigenvalue weighted by Crippen LogP contribution is -2.28. The number of nitrogens with zero attached hydrogens (tertiary/aromatic N) is 3. The van der Waals surface area contributed by atoms with Gasteiger partial charge in [0.2, 0.25) is 0 Å². The van der Waals surface area contributed by atoms with Gasteiger partial charge in [0.25, 0.3) is 0 Å². The Balaban J connectivity index is 1.05. The maximum absolute atomic E-state index is 2.51. The Kier molecular flexibility index (Phi) is 8.50. The zero-order chi connectivity index (χ0) is 44.8. The third-order valence-electron chi connectivity index (χ3n) is 14.5. The molecule has 1 atom stereocenters. The molecule has 2 aliphatic carbocycles. The number of anilines is 6. The summed E-state index contributed by atoms with van der Waals surface area (Å²) >= 11 is 0. The second kappa shape index (κ2) is 15.1. The molecule has 1 spiro atoms. The summed E-state index contributed by atoms with van der Waals surface area (Å²) in [6.07, 6.45) is 0. The number of para-hydroxylation sites is 4. The van der Waals surface area contributed by atoms with Crippen molar-refractivity contribution in [2.75, 3.05) is 9.80 Å². The number of benzene rings is 11. The molecular weight excluding hydrogens is 823 g/mol. The molecule has 1 aromatic heterocycles. The van der Waals surface area contributed by atoms with E-state index in [1.807, 2.05) is 0 Å². The van der Waals surface area contributed by atoms with Crippen molar-refractivity contribution in [3.8, 4) is 27.9 Å². The van der Waals surface area contributed by atoms with Crippen LogP contribution in [0.1, 0.15) is 22.3 Å². The number of aromatic nitrogens is 1. The summed E-state index contributed by atoms with van der Waals surface area (Å²) in [6, 6.07) is 96.3. The number of fused-ring (bicyclic) bond motifs is 14. The van der Waals surface area contributed by atoms with E-state index >= 15 is 0 Å². The van der Waals surface area contributed by atoms with Gasteiger partial charge in [-0.25, -0.2) is 0 Å². The molecule has 1 unspecified atom stereocenters. The van der Waals surface area contributed by atoms with Crippen LogP contribution in [-0.4, -0.2) is 4.57 Å². The molecule has 3 nitrogen and oxygen atoms in total. The molecule has 1 heterocycles. The average molecular weight is 866 g/mol. The second-order valence-corrected chi connectivity index (χ2v) is 18.0. The summed E-state index contributed by atoms with van der Waals surface area (Å²) in [7, 11) is 0. The fraction of sp³-hybridized carbons (Fsp3) is 0.0154. The predicted molar refractivity (Wildman–Crippen MR) is 284 cm³/mol. The molecule has 0 amide bonds. The van der Waals surface area contributed by atoms with E-state index < -0.39 is 5.41 Å². The van der Waals surface area contributed by atoms with Gasteiger partial charge >= 0.3 is 0 Å². The van der Waals surface area contributed by atoms with Crippen molar-refractivity contribution in [2.45, 2.75) is 5.41 Å². The molecule has 3 heteroatoms. The van der Waals surface area contributed by atoms with E-state index in [9.17, 15) is 0 Å².